The van der Waals surface area contributed by atoms with Crippen molar-refractivity contribution in [2.75, 3.05) is 25.6 Å². The number of methoxy groups -OCH3 is 1. The number of aromatic amines is 1. The van der Waals surface area contributed by atoms with Gasteiger partial charge in [0, 0.05) is 31.0 Å². The molecule has 4 aromatic heterocycles. The molecule has 0 aromatic carbocycles. The number of carbonyl (C=O) groups excluding carboxylic acids is 1. The van der Waals surface area contributed by atoms with Crippen molar-refractivity contribution >= 4 is 17.5 Å². The highest BCUT2D eigenvalue weighted by Gasteiger charge is 2.43. The van der Waals surface area contributed by atoms with E-state index in [0.29, 0.717) is 73.8 Å². The van der Waals surface area contributed by atoms with Gasteiger partial charge in [-0.2, -0.15) is 15.2 Å². The van der Waals surface area contributed by atoms with E-state index < -0.39 is 11.4 Å². The number of aromatic nitrogens is 7. The predicted octanol–water partition coefficient (Wildman–Crippen LogP) is 3.66. The largest absolute Gasteiger partial charge is 0.482 e. The fourth-order valence-corrected chi connectivity index (χ4v) is 5.32. The third-order valence-corrected chi connectivity index (χ3v) is 7.74. The molecule has 2 aliphatic rings. The van der Waals surface area contributed by atoms with Crippen LogP contribution in [0, 0.1) is 12.7 Å². The molecule has 6 rings (SSSR count). The van der Waals surface area contributed by atoms with Gasteiger partial charge in [-0.3, -0.25) is 9.89 Å². The Hall–Kier alpha value is -4.59. The molecule has 1 aliphatic carbocycles. The monoisotopic (exact) mass is 577 g/mol. The van der Waals surface area contributed by atoms with Crippen LogP contribution in [0.4, 0.5) is 16.0 Å². The highest BCUT2D eigenvalue weighted by Crippen LogP contribution is 2.43. The van der Waals surface area contributed by atoms with Gasteiger partial charge in [0.2, 0.25) is 5.75 Å². The van der Waals surface area contributed by atoms with Gasteiger partial charge in [0.05, 0.1) is 18.4 Å². The second-order valence-electron chi connectivity index (χ2n) is 10.5. The second kappa shape index (κ2) is 11.4. The lowest BCUT2D eigenvalue weighted by Gasteiger charge is -2.38. The van der Waals surface area contributed by atoms with Gasteiger partial charge < -0.3 is 24.8 Å². The normalized spacial score (nSPS) is 20.6. The molecule has 13 nitrogen and oxygen atoms in total. The van der Waals surface area contributed by atoms with Crippen molar-refractivity contribution in [3.63, 3.8) is 0 Å². The zero-order valence-corrected chi connectivity index (χ0v) is 23.6. The average molecular weight is 578 g/mol. The number of carbonyl (C=O) groups is 1. The van der Waals surface area contributed by atoms with Crippen LogP contribution in [0.2, 0.25) is 0 Å². The first-order chi connectivity index (χ1) is 20.3. The quantitative estimate of drug-likeness (QED) is 0.283. The Bertz CT molecular complexity index is 1560. The van der Waals surface area contributed by atoms with Crippen LogP contribution in [0.5, 0.6) is 11.6 Å². The Labute approximate surface area is 241 Å². The number of nitrogens with zero attached hydrogens (tertiary/aromatic N) is 6. The maximum atomic E-state index is 13.5. The van der Waals surface area contributed by atoms with E-state index in [0.717, 1.165) is 17.5 Å². The smallest absolute Gasteiger partial charge is 0.262 e. The number of ether oxygens (including phenoxy) is 3. The van der Waals surface area contributed by atoms with E-state index in [2.05, 4.69) is 35.9 Å². The van der Waals surface area contributed by atoms with Gasteiger partial charge in [-0.1, -0.05) is 6.07 Å². The Morgan fingerprint density at radius 1 is 1.21 bits per heavy atom. The minimum atomic E-state index is -0.980. The molecule has 3 N–H and O–H groups in total. The van der Waals surface area contributed by atoms with Crippen molar-refractivity contribution in [1.82, 2.24) is 40.2 Å². The summed E-state index contributed by atoms with van der Waals surface area (Å²) in [6.07, 6.45) is 6.29. The Morgan fingerprint density at radius 2 is 2.02 bits per heavy atom. The van der Waals surface area contributed by atoms with Crippen molar-refractivity contribution in [3.8, 4) is 17.4 Å². The van der Waals surface area contributed by atoms with Crippen molar-refractivity contribution in [3.05, 3.63) is 59.7 Å². The number of halogens is 1. The van der Waals surface area contributed by atoms with Crippen LogP contribution in [0.15, 0.2) is 36.8 Å². The van der Waals surface area contributed by atoms with E-state index in [1.165, 1.54) is 10.9 Å². The van der Waals surface area contributed by atoms with E-state index in [1.54, 1.807) is 19.4 Å². The number of amides is 1. The fraction of sp³-hybridized carbons (Fsp3) is 0.429. The van der Waals surface area contributed by atoms with E-state index in [4.69, 9.17) is 19.2 Å². The van der Waals surface area contributed by atoms with Gasteiger partial charge in [-0.05, 0) is 51.2 Å². The molecule has 0 saturated heterocycles. The van der Waals surface area contributed by atoms with Crippen LogP contribution < -0.4 is 20.1 Å². The lowest BCUT2D eigenvalue weighted by molar-refractivity contribution is -0.148. The van der Waals surface area contributed by atoms with Gasteiger partial charge >= 0.3 is 0 Å². The Morgan fingerprint density at radius 3 is 2.69 bits per heavy atom. The molecule has 0 spiro atoms. The number of nitrogens with one attached hydrogen (secondary N) is 3. The van der Waals surface area contributed by atoms with Crippen molar-refractivity contribution in [2.45, 2.75) is 57.1 Å². The first-order valence-corrected chi connectivity index (χ1v) is 13.8. The van der Waals surface area contributed by atoms with Gasteiger partial charge in [0.25, 0.3) is 11.8 Å². The zero-order valence-electron chi connectivity index (χ0n) is 23.6. The van der Waals surface area contributed by atoms with E-state index >= 15 is 0 Å². The number of H-pyrrole nitrogens is 1. The highest BCUT2D eigenvalue weighted by atomic mass is 19.1. The summed E-state index contributed by atoms with van der Waals surface area (Å²) in [5.74, 6) is 2.43. The summed E-state index contributed by atoms with van der Waals surface area (Å²) in [7, 11) is 1.57. The fourth-order valence-electron chi connectivity index (χ4n) is 5.32. The lowest BCUT2D eigenvalue weighted by atomic mass is 9.77. The molecular formula is C28H32FN9O4. The molecule has 14 heteroatoms. The summed E-state index contributed by atoms with van der Waals surface area (Å²) < 4.78 is 32.1. The number of anilines is 2. The van der Waals surface area contributed by atoms with Crippen LogP contribution >= 0.6 is 0 Å². The van der Waals surface area contributed by atoms with Gasteiger partial charge in [0.15, 0.2) is 23.3 Å². The van der Waals surface area contributed by atoms with Crippen molar-refractivity contribution in [2.24, 2.45) is 0 Å². The number of rotatable bonds is 8. The molecule has 0 radical (unpaired) electrons. The molecule has 220 valence electrons. The highest BCUT2D eigenvalue weighted by molar-refractivity contribution is 5.85. The Balaban J connectivity index is 1.13. The molecule has 1 fully saturated rings. The number of hydrogen-bond acceptors (Lipinski definition) is 10. The third-order valence-electron chi connectivity index (χ3n) is 7.74. The summed E-state index contributed by atoms with van der Waals surface area (Å²) in [6, 6.07) is 5.11. The van der Waals surface area contributed by atoms with Crippen LogP contribution in [0.1, 0.15) is 61.6 Å². The van der Waals surface area contributed by atoms with Crippen LogP contribution in [0.25, 0.3) is 5.82 Å². The second-order valence-corrected chi connectivity index (χ2v) is 10.5. The van der Waals surface area contributed by atoms with Crippen molar-refractivity contribution < 1.29 is 23.4 Å². The summed E-state index contributed by atoms with van der Waals surface area (Å²) in [5.41, 5.74) is 0.732. The molecule has 1 aliphatic heterocycles. The molecular weight excluding hydrogens is 545 g/mol. The summed E-state index contributed by atoms with van der Waals surface area (Å²) in [5, 5.41) is 17.4. The third kappa shape index (κ3) is 5.49. The number of pyridine rings is 1. The van der Waals surface area contributed by atoms with Gasteiger partial charge in [0.1, 0.15) is 24.6 Å². The predicted molar refractivity (Wildman–Crippen MR) is 148 cm³/mol. The number of fused-ring (bicyclic) bond motifs is 1. The molecule has 4 aromatic rings. The first-order valence-electron chi connectivity index (χ1n) is 13.8. The first kappa shape index (κ1) is 27.6. The van der Waals surface area contributed by atoms with Crippen molar-refractivity contribution in [1.29, 1.82) is 0 Å². The van der Waals surface area contributed by atoms with Crippen LogP contribution in [-0.2, 0) is 9.53 Å². The van der Waals surface area contributed by atoms with E-state index in [1.807, 2.05) is 26.0 Å². The van der Waals surface area contributed by atoms with Gasteiger partial charge in [-0.25, -0.2) is 19.0 Å². The molecule has 5 heterocycles. The maximum Gasteiger partial charge on any atom is 0.262 e. The molecule has 1 saturated carbocycles. The molecule has 0 unspecified atom stereocenters. The van der Waals surface area contributed by atoms with E-state index in [-0.39, 0.29) is 17.9 Å². The maximum absolute atomic E-state index is 13.5. The van der Waals surface area contributed by atoms with Crippen LogP contribution in [-0.4, -0.2) is 66.8 Å². The lowest BCUT2D eigenvalue weighted by Crippen LogP contribution is -2.50. The topological polar surface area (TPSA) is 154 Å². The number of aryl methyl sites for hydroxylation is 1. The SMILES string of the molecule is COC1(C(=O)N[C@@H](C)c2ccc(-n3cc(F)cn3)nc2)CCC(c2nc(Nc3cc(C)[nH]n3)c3c(n2)OCCO3)CC1. The van der Waals surface area contributed by atoms with Crippen LogP contribution in [0.3, 0.4) is 0 Å². The molecule has 1 amide bonds. The number of hydrogen-bond donors (Lipinski definition) is 3. The average Bonchev–Trinajstić information content (AvgIpc) is 3.64. The summed E-state index contributed by atoms with van der Waals surface area (Å²) in [6.45, 7) is 4.61. The molecule has 42 heavy (non-hydrogen) atoms. The minimum Gasteiger partial charge on any atom is -0.482 e. The Kier molecular flexibility index (Phi) is 7.45. The van der Waals surface area contributed by atoms with Gasteiger partial charge in [-0.15, -0.1) is 0 Å². The summed E-state index contributed by atoms with van der Waals surface area (Å²) >= 11 is 0. The standard InChI is InChI=1S/C28H32FN9O4/c1-16-12-21(37-36-16)33-25-23-26(42-11-10-41-23)35-24(34-25)18-6-8-28(40-3,9-7-18)27(39)32-17(2)19-4-5-22(30-13-19)38-15-20(29)14-31-38/h4-5,12-15,17-18H,6-11H2,1-3H3,(H,32,39)(H2,33,34,35,36,37)/t17-,18?,28?/m0/s1. The summed E-state index contributed by atoms with van der Waals surface area (Å²) in [4.78, 5) is 27.4. The van der Waals surface area contributed by atoms with E-state index in [9.17, 15) is 9.18 Å². The molecule has 1 atom stereocenters. The minimum absolute atomic E-state index is 0.000304. The zero-order chi connectivity index (χ0) is 29.3. The molecule has 0 bridgehead atoms.